The lowest BCUT2D eigenvalue weighted by molar-refractivity contribution is 0.100. The van der Waals surface area contributed by atoms with Crippen molar-refractivity contribution in [1.82, 2.24) is 39.9 Å². The minimum atomic E-state index is -0.507. The van der Waals surface area contributed by atoms with Crippen molar-refractivity contribution in [3.05, 3.63) is 65.9 Å². The number of pyridine rings is 1. The summed E-state index contributed by atoms with van der Waals surface area (Å²) in [5, 5.41) is 20.0. The summed E-state index contributed by atoms with van der Waals surface area (Å²) in [6.45, 7) is 2.43. The number of fused-ring (bicyclic) bond motifs is 2. The van der Waals surface area contributed by atoms with E-state index in [1.807, 2.05) is 18.5 Å². The molecule has 5 aromatic rings. The van der Waals surface area contributed by atoms with Crippen LogP contribution in [0.2, 0.25) is 0 Å². The smallest absolute Gasteiger partial charge is 0.248 e. The van der Waals surface area contributed by atoms with Crippen molar-refractivity contribution in [1.29, 1.82) is 0 Å². The number of imidazole rings is 1. The highest BCUT2D eigenvalue weighted by Gasteiger charge is 2.17. The van der Waals surface area contributed by atoms with Gasteiger partial charge in [0.25, 0.3) is 0 Å². The number of H-pyrrole nitrogens is 1. The van der Waals surface area contributed by atoms with Gasteiger partial charge in [0, 0.05) is 35.5 Å². The van der Waals surface area contributed by atoms with Crippen molar-refractivity contribution in [3.8, 4) is 11.3 Å². The van der Waals surface area contributed by atoms with E-state index in [0.717, 1.165) is 46.8 Å². The van der Waals surface area contributed by atoms with Crippen LogP contribution in [-0.4, -0.2) is 47.0 Å². The van der Waals surface area contributed by atoms with Gasteiger partial charge in [-0.1, -0.05) is 17.7 Å². The summed E-state index contributed by atoms with van der Waals surface area (Å²) in [4.78, 5) is 16.5. The molecule has 0 unspecified atom stereocenters. The number of benzene rings is 1. The fraction of sp³-hybridized carbons (Fsp3) is 0.292. The highest BCUT2D eigenvalue weighted by Crippen LogP contribution is 2.28. The lowest BCUT2D eigenvalue weighted by atomic mass is 9.85. The molecule has 10 nitrogen and oxygen atoms in total. The number of primary amides is 1. The zero-order valence-corrected chi connectivity index (χ0v) is 18.6. The first-order valence-electron chi connectivity index (χ1n) is 11.5. The van der Waals surface area contributed by atoms with E-state index in [-0.39, 0.29) is 0 Å². The summed E-state index contributed by atoms with van der Waals surface area (Å²) in [5.74, 6) is 0.339. The minimum Gasteiger partial charge on any atom is -0.366 e. The van der Waals surface area contributed by atoms with Gasteiger partial charge in [0.1, 0.15) is 11.3 Å². The third-order valence-electron chi connectivity index (χ3n) is 6.53. The molecule has 0 bridgehead atoms. The lowest BCUT2D eigenvalue weighted by Gasteiger charge is -2.25. The van der Waals surface area contributed by atoms with Crippen LogP contribution < -0.4 is 11.1 Å². The molecule has 1 amide bonds. The predicted octanol–water partition coefficient (Wildman–Crippen LogP) is 2.51. The molecule has 0 aliphatic heterocycles. The Morgan fingerprint density at radius 1 is 1.21 bits per heavy atom. The van der Waals surface area contributed by atoms with E-state index < -0.39 is 5.91 Å². The summed E-state index contributed by atoms with van der Waals surface area (Å²) in [7, 11) is 0. The molecule has 0 spiro atoms. The third kappa shape index (κ3) is 3.92. The average molecular weight is 456 g/mol. The molecular formula is C24H25N9O. The van der Waals surface area contributed by atoms with E-state index in [2.05, 4.69) is 42.5 Å². The van der Waals surface area contributed by atoms with Crippen molar-refractivity contribution < 1.29 is 4.79 Å². The molecule has 34 heavy (non-hydrogen) atoms. The Labute approximate surface area is 195 Å². The summed E-state index contributed by atoms with van der Waals surface area (Å²) in [6, 6.07) is 7.57. The van der Waals surface area contributed by atoms with Gasteiger partial charge in [-0.15, -0.1) is 5.10 Å². The van der Waals surface area contributed by atoms with Crippen molar-refractivity contribution in [3.63, 3.8) is 0 Å². The van der Waals surface area contributed by atoms with Gasteiger partial charge in [-0.05, 0) is 49.1 Å². The Morgan fingerprint density at radius 2 is 2.12 bits per heavy atom. The van der Waals surface area contributed by atoms with E-state index in [1.165, 1.54) is 24.8 Å². The summed E-state index contributed by atoms with van der Waals surface area (Å²) < 4.78 is 3.79. The first-order chi connectivity index (χ1) is 16.6. The van der Waals surface area contributed by atoms with Crippen LogP contribution in [0.4, 0.5) is 0 Å². The molecule has 4 aromatic heterocycles. The fourth-order valence-electron chi connectivity index (χ4n) is 4.46. The Kier molecular flexibility index (Phi) is 5.06. The van der Waals surface area contributed by atoms with E-state index >= 15 is 0 Å². The SMILES string of the molecule is NC(=O)c1cc(-c2cn(Cc3cn4cc(CNCC5CCC5)ccc4n3)nn2)c2cn[nH]c2c1. The minimum absolute atomic E-state index is 0.389. The number of nitrogens with one attached hydrogen (secondary N) is 2. The molecular weight excluding hydrogens is 430 g/mol. The normalized spacial score (nSPS) is 14.1. The number of hydrogen-bond acceptors (Lipinski definition) is 6. The molecule has 1 aliphatic rings. The van der Waals surface area contributed by atoms with Gasteiger partial charge in [-0.2, -0.15) is 5.10 Å². The molecule has 1 aromatic carbocycles. The van der Waals surface area contributed by atoms with Gasteiger partial charge in [0.05, 0.1) is 30.1 Å². The van der Waals surface area contributed by atoms with Gasteiger partial charge in [0.15, 0.2) is 0 Å². The topological polar surface area (TPSA) is 132 Å². The van der Waals surface area contributed by atoms with Crippen LogP contribution in [0.1, 0.15) is 40.9 Å². The number of amides is 1. The molecule has 172 valence electrons. The van der Waals surface area contributed by atoms with Crippen LogP contribution in [0.3, 0.4) is 0 Å². The second-order valence-corrected chi connectivity index (χ2v) is 8.98. The van der Waals surface area contributed by atoms with E-state index in [4.69, 9.17) is 10.7 Å². The van der Waals surface area contributed by atoms with Gasteiger partial charge in [0.2, 0.25) is 5.91 Å². The first kappa shape index (κ1) is 20.5. The van der Waals surface area contributed by atoms with E-state index in [9.17, 15) is 4.79 Å². The summed E-state index contributed by atoms with van der Waals surface area (Å²) in [6.07, 6.45) is 11.8. The van der Waals surface area contributed by atoms with Crippen LogP contribution in [0.25, 0.3) is 27.8 Å². The van der Waals surface area contributed by atoms with Gasteiger partial charge in [-0.3, -0.25) is 9.89 Å². The fourth-order valence-corrected chi connectivity index (χ4v) is 4.46. The number of nitrogens with two attached hydrogens (primary N) is 1. The summed E-state index contributed by atoms with van der Waals surface area (Å²) in [5.41, 5.74) is 11.0. The highest BCUT2D eigenvalue weighted by atomic mass is 16.1. The summed E-state index contributed by atoms with van der Waals surface area (Å²) >= 11 is 0. The molecule has 10 heteroatoms. The maximum absolute atomic E-state index is 11.7. The quantitative estimate of drug-likeness (QED) is 0.329. The predicted molar refractivity (Wildman–Crippen MR) is 127 cm³/mol. The number of carbonyl (C=O) groups is 1. The lowest BCUT2D eigenvalue weighted by Crippen LogP contribution is -2.26. The number of rotatable bonds is 8. The van der Waals surface area contributed by atoms with Crippen molar-refractivity contribution in [2.45, 2.75) is 32.4 Å². The molecule has 4 heterocycles. The van der Waals surface area contributed by atoms with Crippen LogP contribution >= 0.6 is 0 Å². The van der Waals surface area contributed by atoms with Gasteiger partial charge in [-0.25, -0.2) is 9.67 Å². The molecule has 6 rings (SSSR count). The van der Waals surface area contributed by atoms with Crippen molar-refractivity contribution in [2.24, 2.45) is 11.7 Å². The van der Waals surface area contributed by atoms with Crippen LogP contribution in [0.15, 0.2) is 49.1 Å². The van der Waals surface area contributed by atoms with E-state index in [1.54, 1.807) is 23.0 Å². The van der Waals surface area contributed by atoms with E-state index in [0.29, 0.717) is 17.8 Å². The molecule has 1 fully saturated rings. The number of hydrogen-bond donors (Lipinski definition) is 3. The first-order valence-corrected chi connectivity index (χ1v) is 11.5. The number of aromatic nitrogens is 7. The molecule has 0 atom stereocenters. The largest absolute Gasteiger partial charge is 0.366 e. The van der Waals surface area contributed by atoms with Crippen molar-refractivity contribution >= 4 is 22.5 Å². The maximum Gasteiger partial charge on any atom is 0.248 e. The molecule has 4 N–H and O–H groups in total. The van der Waals surface area contributed by atoms with Crippen LogP contribution in [0, 0.1) is 5.92 Å². The number of carbonyl (C=O) groups excluding carboxylic acids is 1. The highest BCUT2D eigenvalue weighted by molar-refractivity contribution is 6.02. The Bertz CT molecular complexity index is 1490. The van der Waals surface area contributed by atoms with Crippen LogP contribution in [-0.2, 0) is 13.1 Å². The second-order valence-electron chi connectivity index (χ2n) is 8.98. The molecule has 1 aliphatic carbocycles. The van der Waals surface area contributed by atoms with Gasteiger partial charge >= 0.3 is 0 Å². The standard InChI is InChI=1S/C24H25N9O/c25-24(34)17-6-19(20-10-27-29-21(20)7-17)22-14-33(31-30-22)13-18-12-32-11-16(4-5-23(32)28-18)9-26-8-15-2-1-3-15/h4-7,10-12,14-15,26H,1-3,8-9,13H2,(H2,25,34)(H,27,29). The average Bonchev–Trinajstić information content (AvgIpc) is 3.53. The molecule has 0 saturated heterocycles. The Balaban J connectivity index is 1.20. The molecule has 1 saturated carbocycles. The second kappa shape index (κ2) is 8.38. The van der Waals surface area contributed by atoms with Crippen molar-refractivity contribution in [2.75, 3.05) is 6.54 Å². The monoisotopic (exact) mass is 455 g/mol. The maximum atomic E-state index is 11.7. The van der Waals surface area contributed by atoms with Gasteiger partial charge < -0.3 is 15.5 Å². The van der Waals surface area contributed by atoms with Crippen LogP contribution in [0.5, 0.6) is 0 Å². The zero-order chi connectivity index (χ0) is 23.1. The zero-order valence-electron chi connectivity index (χ0n) is 18.6. The number of aromatic amines is 1. The molecule has 0 radical (unpaired) electrons. The Hall–Kier alpha value is -4.05. The number of nitrogens with zero attached hydrogens (tertiary/aromatic N) is 6. The Morgan fingerprint density at radius 3 is 2.94 bits per heavy atom. The third-order valence-corrected chi connectivity index (χ3v) is 6.53.